The Hall–Kier alpha value is -1.14. The number of nitrogens with zero attached hydrogens (tertiary/aromatic N) is 3. The highest BCUT2D eigenvalue weighted by Crippen LogP contribution is 2.16. The van der Waals surface area contributed by atoms with E-state index in [1.165, 1.54) is 0 Å². The molecular formula is C11H15BrN4O. The maximum absolute atomic E-state index is 5.08. The van der Waals surface area contributed by atoms with E-state index >= 15 is 0 Å². The molecule has 0 saturated heterocycles. The number of hydrogen-bond donors (Lipinski definition) is 1. The van der Waals surface area contributed by atoms with E-state index in [9.17, 15) is 0 Å². The number of aromatic nitrogens is 3. The summed E-state index contributed by atoms with van der Waals surface area (Å²) < 4.78 is 7.76. The molecule has 17 heavy (non-hydrogen) atoms. The van der Waals surface area contributed by atoms with Gasteiger partial charge in [-0.15, -0.1) is 5.10 Å². The minimum Gasteiger partial charge on any atom is -0.384 e. The third-order valence-electron chi connectivity index (χ3n) is 2.37. The van der Waals surface area contributed by atoms with Gasteiger partial charge in [-0.05, 0) is 34.0 Å². The highest BCUT2D eigenvalue weighted by molar-refractivity contribution is 9.10. The van der Waals surface area contributed by atoms with E-state index in [1.54, 1.807) is 11.6 Å². The number of anilines is 1. The standard InChI is InChI=1S/C11H15BrN4O/c1-8(7-17-2)6-13-11-14-10-9(12)4-3-5-16(10)15-11/h3-5,8H,6-7H2,1-2H3,(H,13,15). The van der Waals surface area contributed by atoms with Crippen molar-refractivity contribution in [1.82, 2.24) is 14.6 Å². The zero-order chi connectivity index (χ0) is 12.3. The van der Waals surface area contributed by atoms with Crippen molar-refractivity contribution >= 4 is 27.5 Å². The molecule has 0 amide bonds. The van der Waals surface area contributed by atoms with Gasteiger partial charge in [0.25, 0.3) is 0 Å². The third-order valence-corrected chi connectivity index (χ3v) is 2.99. The number of rotatable bonds is 5. The molecule has 6 heteroatoms. The first-order valence-electron chi connectivity index (χ1n) is 5.44. The molecule has 0 aliphatic rings. The summed E-state index contributed by atoms with van der Waals surface area (Å²) in [7, 11) is 1.71. The highest BCUT2D eigenvalue weighted by atomic mass is 79.9. The second-order valence-electron chi connectivity index (χ2n) is 4.00. The molecule has 0 spiro atoms. The van der Waals surface area contributed by atoms with Crippen LogP contribution in [0.5, 0.6) is 0 Å². The van der Waals surface area contributed by atoms with Crippen LogP contribution in [0.1, 0.15) is 6.92 Å². The number of hydrogen-bond acceptors (Lipinski definition) is 4. The van der Waals surface area contributed by atoms with E-state index in [0.29, 0.717) is 11.9 Å². The van der Waals surface area contributed by atoms with Gasteiger partial charge in [0.05, 0.1) is 11.1 Å². The Morgan fingerprint density at radius 1 is 1.59 bits per heavy atom. The first-order valence-corrected chi connectivity index (χ1v) is 6.23. The van der Waals surface area contributed by atoms with Crippen LogP contribution in [0.15, 0.2) is 22.8 Å². The number of methoxy groups -OCH3 is 1. The fourth-order valence-corrected chi connectivity index (χ4v) is 1.98. The molecule has 0 fully saturated rings. The van der Waals surface area contributed by atoms with E-state index < -0.39 is 0 Å². The van der Waals surface area contributed by atoms with E-state index in [-0.39, 0.29) is 0 Å². The average Bonchev–Trinajstić information content (AvgIpc) is 2.71. The summed E-state index contributed by atoms with van der Waals surface area (Å²) >= 11 is 3.44. The zero-order valence-electron chi connectivity index (χ0n) is 9.85. The molecule has 2 heterocycles. The minimum absolute atomic E-state index is 0.426. The molecule has 1 atom stereocenters. The quantitative estimate of drug-likeness (QED) is 0.919. The van der Waals surface area contributed by atoms with Crippen molar-refractivity contribution in [2.75, 3.05) is 25.6 Å². The Labute approximate surface area is 108 Å². The summed E-state index contributed by atoms with van der Waals surface area (Å²) in [5, 5.41) is 7.53. The molecule has 0 aliphatic carbocycles. The van der Waals surface area contributed by atoms with Crippen molar-refractivity contribution in [3.8, 4) is 0 Å². The van der Waals surface area contributed by atoms with Gasteiger partial charge < -0.3 is 10.1 Å². The molecule has 0 bridgehead atoms. The van der Waals surface area contributed by atoms with E-state index in [0.717, 1.165) is 23.3 Å². The number of ether oxygens (including phenoxy) is 1. The van der Waals surface area contributed by atoms with Crippen LogP contribution < -0.4 is 5.32 Å². The van der Waals surface area contributed by atoms with Crippen LogP contribution in [0, 0.1) is 5.92 Å². The Morgan fingerprint density at radius 3 is 3.12 bits per heavy atom. The lowest BCUT2D eigenvalue weighted by molar-refractivity contribution is 0.164. The van der Waals surface area contributed by atoms with Crippen LogP contribution in [0.4, 0.5) is 5.95 Å². The van der Waals surface area contributed by atoms with Crippen molar-refractivity contribution in [1.29, 1.82) is 0 Å². The predicted molar refractivity (Wildman–Crippen MR) is 70.2 cm³/mol. The fourth-order valence-electron chi connectivity index (χ4n) is 1.56. The summed E-state index contributed by atoms with van der Waals surface area (Å²) in [4.78, 5) is 4.40. The van der Waals surface area contributed by atoms with E-state index in [2.05, 4.69) is 38.3 Å². The normalized spacial score (nSPS) is 12.9. The number of nitrogens with one attached hydrogen (secondary N) is 1. The number of fused-ring (bicyclic) bond motifs is 1. The molecule has 0 saturated carbocycles. The van der Waals surface area contributed by atoms with Gasteiger partial charge in [-0.3, -0.25) is 0 Å². The lowest BCUT2D eigenvalue weighted by Crippen LogP contribution is -2.16. The van der Waals surface area contributed by atoms with Crippen LogP contribution in [0.25, 0.3) is 5.65 Å². The van der Waals surface area contributed by atoms with Gasteiger partial charge >= 0.3 is 0 Å². The minimum atomic E-state index is 0.426. The first-order chi connectivity index (χ1) is 8.20. The van der Waals surface area contributed by atoms with Gasteiger partial charge in [-0.1, -0.05) is 6.92 Å². The maximum atomic E-state index is 5.08. The van der Waals surface area contributed by atoms with Crippen molar-refractivity contribution in [3.05, 3.63) is 22.8 Å². The summed E-state index contributed by atoms with van der Waals surface area (Å²) in [6.07, 6.45) is 1.87. The largest absolute Gasteiger partial charge is 0.384 e. The van der Waals surface area contributed by atoms with Gasteiger partial charge in [0.2, 0.25) is 5.95 Å². The van der Waals surface area contributed by atoms with Crippen LogP contribution >= 0.6 is 15.9 Å². The summed E-state index contributed by atoms with van der Waals surface area (Å²) in [5.74, 6) is 1.06. The van der Waals surface area contributed by atoms with Crippen LogP contribution in [0.2, 0.25) is 0 Å². The Kier molecular flexibility index (Phi) is 3.96. The molecule has 2 rings (SSSR count). The lowest BCUT2D eigenvalue weighted by Gasteiger charge is -2.09. The Balaban J connectivity index is 2.07. The number of halogens is 1. The van der Waals surface area contributed by atoms with Gasteiger partial charge in [0.1, 0.15) is 0 Å². The molecule has 1 unspecified atom stereocenters. The Morgan fingerprint density at radius 2 is 2.41 bits per heavy atom. The fraction of sp³-hybridized carbons (Fsp3) is 0.455. The summed E-state index contributed by atoms with van der Waals surface area (Å²) in [6.45, 7) is 3.63. The first kappa shape index (κ1) is 12.3. The number of pyridine rings is 1. The van der Waals surface area contributed by atoms with E-state index in [4.69, 9.17) is 4.74 Å². The maximum Gasteiger partial charge on any atom is 0.243 e. The summed E-state index contributed by atoms with van der Waals surface area (Å²) in [5.41, 5.74) is 0.814. The molecule has 2 aromatic heterocycles. The van der Waals surface area contributed by atoms with Gasteiger partial charge in [-0.25, -0.2) is 4.52 Å². The third kappa shape index (κ3) is 2.95. The van der Waals surface area contributed by atoms with Crippen LogP contribution in [-0.4, -0.2) is 34.9 Å². The van der Waals surface area contributed by atoms with Crippen LogP contribution in [-0.2, 0) is 4.74 Å². The van der Waals surface area contributed by atoms with Crippen molar-refractivity contribution in [3.63, 3.8) is 0 Å². The molecule has 5 nitrogen and oxygen atoms in total. The molecule has 1 N–H and O–H groups in total. The average molecular weight is 299 g/mol. The second-order valence-corrected chi connectivity index (χ2v) is 4.86. The van der Waals surface area contributed by atoms with Crippen molar-refractivity contribution in [2.24, 2.45) is 5.92 Å². The van der Waals surface area contributed by atoms with Gasteiger partial charge in [0, 0.05) is 19.9 Å². The molecular weight excluding hydrogens is 284 g/mol. The van der Waals surface area contributed by atoms with Crippen molar-refractivity contribution < 1.29 is 4.74 Å². The molecule has 0 aromatic carbocycles. The molecule has 92 valence electrons. The smallest absolute Gasteiger partial charge is 0.243 e. The monoisotopic (exact) mass is 298 g/mol. The topological polar surface area (TPSA) is 51.5 Å². The Bertz CT molecular complexity index is 499. The summed E-state index contributed by atoms with van der Waals surface area (Å²) in [6, 6.07) is 3.87. The highest BCUT2D eigenvalue weighted by Gasteiger charge is 2.07. The molecule has 2 aromatic rings. The SMILES string of the molecule is COCC(C)CNc1nc2c(Br)cccn2n1. The zero-order valence-corrected chi connectivity index (χ0v) is 11.4. The van der Waals surface area contributed by atoms with Crippen LogP contribution in [0.3, 0.4) is 0 Å². The molecule has 0 radical (unpaired) electrons. The lowest BCUT2D eigenvalue weighted by atomic mass is 10.2. The predicted octanol–water partition coefficient (Wildman–Crippen LogP) is 2.19. The second kappa shape index (κ2) is 5.46. The molecule has 0 aliphatic heterocycles. The van der Waals surface area contributed by atoms with E-state index in [1.807, 2.05) is 18.3 Å². The van der Waals surface area contributed by atoms with Gasteiger partial charge in [-0.2, -0.15) is 4.98 Å². The van der Waals surface area contributed by atoms with Crippen molar-refractivity contribution in [2.45, 2.75) is 6.92 Å². The van der Waals surface area contributed by atoms with Gasteiger partial charge in [0.15, 0.2) is 5.65 Å².